The smallest absolute Gasteiger partial charge is 0.229 e. The lowest BCUT2D eigenvalue weighted by Gasteiger charge is -2.39. The minimum Gasteiger partial charge on any atom is -0.497 e. The Hall–Kier alpha value is -2.95. The number of methoxy groups -OCH3 is 1. The highest BCUT2D eigenvalue weighted by Crippen LogP contribution is 2.28. The average Bonchev–Trinajstić information content (AvgIpc) is 2.80. The van der Waals surface area contributed by atoms with Crippen molar-refractivity contribution in [2.75, 3.05) is 13.7 Å². The topological polar surface area (TPSA) is 139 Å². The van der Waals surface area contributed by atoms with Crippen LogP contribution >= 0.6 is 0 Å². The second kappa shape index (κ2) is 8.66. The molecule has 0 saturated carbocycles. The first-order chi connectivity index (χ1) is 14.9. The molecule has 0 radical (unpaired) electrons. The van der Waals surface area contributed by atoms with E-state index in [2.05, 4.69) is 0 Å². The zero-order valence-corrected chi connectivity index (χ0v) is 16.5. The summed E-state index contributed by atoms with van der Waals surface area (Å²) in [5.74, 6) is 0.876. The molecule has 1 aliphatic rings. The summed E-state index contributed by atoms with van der Waals surface area (Å²) in [5, 5.41) is 39.5. The molecule has 1 aromatic heterocycles. The van der Waals surface area contributed by atoms with Crippen molar-refractivity contribution < 1.29 is 39.1 Å². The number of hydrogen-bond acceptors (Lipinski definition) is 9. The molecule has 9 heteroatoms. The van der Waals surface area contributed by atoms with E-state index in [9.17, 15) is 25.2 Å². The van der Waals surface area contributed by atoms with E-state index in [-0.39, 0.29) is 16.8 Å². The Bertz CT molecular complexity index is 1110. The molecule has 164 valence electrons. The fourth-order valence-electron chi connectivity index (χ4n) is 3.45. The van der Waals surface area contributed by atoms with Crippen LogP contribution in [0.25, 0.3) is 22.1 Å². The van der Waals surface area contributed by atoms with Crippen LogP contribution in [0.3, 0.4) is 0 Å². The van der Waals surface area contributed by atoms with Crippen LogP contribution in [-0.2, 0) is 4.74 Å². The van der Waals surface area contributed by atoms with E-state index < -0.39 is 37.3 Å². The second-order valence-electron chi connectivity index (χ2n) is 7.18. The first kappa shape index (κ1) is 21.3. The third kappa shape index (κ3) is 4.01. The van der Waals surface area contributed by atoms with Gasteiger partial charge >= 0.3 is 0 Å². The Morgan fingerprint density at radius 1 is 0.968 bits per heavy atom. The predicted octanol–water partition coefficient (Wildman–Crippen LogP) is 0.647. The monoisotopic (exact) mass is 430 g/mol. The van der Waals surface area contributed by atoms with Crippen LogP contribution in [0, 0.1) is 0 Å². The molecule has 0 spiro atoms. The van der Waals surface area contributed by atoms with E-state index in [1.54, 1.807) is 31.4 Å². The third-order valence-corrected chi connectivity index (χ3v) is 5.25. The van der Waals surface area contributed by atoms with Crippen molar-refractivity contribution in [2.24, 2.45) is 0 Å². The molecular formula is C22H22O9. The molecule has 0 aliphatic carbocycles. The Labute approximate surface area is 176 Å². The Morgan fingerprint density at radius 2 is 1.68 bits per heavy atom. The van der Waals surface area contributed by atoms with Gasteiger partial charge in [0.25, 0.3) is 0 Å². The van der Waals surface area contributed by atoms with Gasteiger partial charge in [0.2, 0.25) is 6.29 Å². The number of hydrogen-bond donors (Lipinski definition) is 4. The molecule has 0 amide bonds. The second-order valence-corrected chi connectivity index (χ2v) is 7.18. The van der Waals surface area contributed by atoms with Crippen LogP contribution in [0.5, 0.6) is 11.5 Å². The van der Waals surface area contributed by atoms with E-state index in [4.69, 9.17) is 18.6 Å². The van der Waals surface area contributed by atoms with Crippen molar-refractivity contribution in [3.8, 4) is 22.6 Å². The summed E-state index contributed by atoms with van der Waals surface area (Å²) in [7, 11) is 1.56. The lowest BCUT2D eigenvalue weighted by molar-refractivity contribution is -0.277. The summed E-state index contributed by atoms with van der Waals surface area (Å²) < 4.78 is 21.7. The third-order valence-electron chi connectivity index (χ3n) is 5.25. The zero-order valence-electron chi connectivity index (χ0n) is 16.5. The normalized spacial score (nSPS) is 26.0. The summed E-state index contributed by atoms with van der Waals surface area (Å²) in [6.45, 7) is -0.564. The molecule has 2 aromatic carbocycles. The Kier molecular flexibility index (Phi) is 5.94. The van der Waals surface area contributed by atoms with E-state index in [1.165, 1.54) is 24.5 Å². The van der Waals surface area contributed by atoms with E-state index in [0.29, 0.717) is 22.3 Å². The lowest BCUT2D eigenvalue weighted by Crippen LogP contribution is -2.60. The highest BCUT2D eigenvalue weighted by Gasteiger charge is 2.44. The van der Waals surface area contributed by atoms with Crippen LogP contribution in [0.1, 0.15) is 0 Å². The molecule has 3 aromatic rings. The van der Waals surface area contributed by atoms with E-state index in [0.717, 1.165) is 0 Å². The summed E-state index contributed by atoms with van der Waals surface area (Å²) in [5.41, 5.74) is 1.09. The van der Waals surface area contributed by atoms with Gasteiger partial charge in [0, 0.05) is 6.07 Å². The van der Waals surface area contributed by atoms with Crippen molar-refractivity contribution in [2.45, 2.75) is 30.7 Å². The standard InChI is InChI=1S/C22H22O9/c1-28-12-4-2-11(3-5-12)15-10-29-16-8-13(6-7-14(16)18(15)24)30-22-21(27)20(26)19(25)17(9-23)31-22/h2-8,10,17,19-23,25-27H,9H2,1H3/t17-,19+,20-,21+,22-/m0/s1. The number of aliphatic hydroxyl groups is 4. The van der Waals surface area contributed by atoms with E-state index in [1.807, 2.05) is 0 Å². The largest absolute Gasteiger partial charge is 0.497 e. The van der Waals surface area contributed by atoms with Gasteiger partial charge in [-0.2, -0.15) is 0 Å². The first-order valence-corrected chi connectivity index (χ1v) is 9.60. The Balaban J connectivity index is 1.61. The maximum atomic E-state index is 12.9. The van der Waals surface area contributed by atoms with Crippen molar-refractivity contribution in [1.29, 1.82) is 0 Å². The van der Waals surface area contributed by atoms with Gasteiger partial charge in [-0.05, 0) is 29.8 Å². The summed E-state index contributed by atoms with van der Waals surface area (Å²) in [4.78, 5) is 12.9. The lowest BCUT2D eigenvalue weighted by atomic mass is 9.99. The minimum atomic E-state index is -1.55. The summed E-state index contributed by atoms with van der Waals surface area (Å²) >= 11 is 0. The number of fused-ring (bicyclic) bond motifs is 1. The highest BCUT2D eigenvalue weighted by molar-refractivity contribution is 5.82. The van der Waals surface area contributed by atoms with Gasteiger partial charge in [-0.1, -0.05) is 12.1 Å². The molecule has 1 fully saturated rings. The number of benzene rings is 2. The van der Waals surface area contributed by atoms with Crippen LogP contribution in [0.4, 0.5) is 0 Å². The molecule has 4 N–H and O–H groups in total. The van der Waals surface area contributed by atoms with Crippen molar-refractivity contribution in [1.82, 2.24) is 0 Å². The van der Waals surface area contributed by atoms with Gasteiger partial charge in [0.15, 0.2) is 5.43 Å². The molecule has 1 saturated heterocycles. The molecule has 31 heavy (non-hydrogen) atoms. The summed E-state index contributed by atoms with van der Waals surface area (Å²) in [6, 6.07) is 11.5. The fourth-order valence-corrected chi connectivity index (χ4v) is 3.45. The molecule has 2 heterocycles. The predicted molar refractivity (Wildman–Crippen MR) is 109 cm³/mol. The molecular weight excluding hydrogens is 408 g/mol. The van der Waals surface area contributed by atoms with Crippen molar-refractivity contribution in [3.05, 3.63) is 59.0 Å². The maximum Gasteiger partial charge on any atom is 0.229 e. The maximum absolute atomic E-state index is 12.9. The van der Waals surface area contributed by atoms with Gasteiger partial charge in [-0.25, -0.2) is 0 Å². The minimum absolute atomic E-state index is 0.206. The van der Waals surface area contributed by atoms with Crippen LogP contribution < -0.4 is 14.9 Å². The van der Waals surface area contributed by atoms with Gasteiger partial charge in [-0.15, -0.1) is 0 Å². The SMILES string of the molecule is COc1ccc(-c2coc3cc(O[C@H]4O[C@@H](CO)[C@@H](O)[C@H](O)[C@H]4O)ccc3c2=O)cc1. The van der Waals surface area contributed by atoms with Gasteiger partial charge in [0.05, 0.1) is 24.7 Å². The number of rotatable bonds is 5. The first-order valence-electron chi connectivity index (χ1n) is 9.60. The highest BCUT2D eigenvalue weighted by atomic mass is 16.7. The molecule has 0 unspecified atom stereocenters. The zero-order chi connectivity index (χ0) is 22.1. The van der Waals surface area contributed by atoms with Crippen molar-refractivity contribution in [3.63, 3.8) is 0 Å². The van der Waals surface area contributed by atoms with Gasteiger partial charge in [0.1, 0.15) is 47.8 Å². The van der Waals surface area contributed by atoms with Crippen LogP contribution in [0.15, 0.2) is 57.9 Å². The van der Waals surface area contributed by atoms with Crippen LogP contribution in [0.2, 0.25) is 0 Å². The molecule has 1 aliphatic heterocycles. The van der Waals surface area contributed by atoms with Crippen LogP contribution in [-0.4, -0.2) is 64.8 Å². The summed E-state index contributed by atoms with van der Waals surface area (Å²) in [6.07, 6.45) is -5.65. The van der Waals surface area contributed by atoms with Gasteiger partial charge < -0.3 is 39.1 Å². The average molecular weight is 430 g/mol. The molecule has 0 bridgehead atoms. The van der Waals surface area contributed by atoms with Crippen molar-refractivity contribution >= 4 is 11.0 Å². The fraction of sp³-hybridized carbons (Fsp3) is 0.318. The quantitative estimate of drug-likeness (QED) is 0.459. The molecule has 9 nitrogen and oxygen atoms in total. The van der Waals surface area contributed by atoms with E-state index >= 15 is 0 Å². The molecule has 5 atom stereocenters. The molecule has 4 rings (SSSR count). The van der Waals surface area contributed by atoms with Gasteiger partial charge in [-0.3, -0.25) is 4.79 Å². The Morgan fingerprint density at radius 3 is 2.35 bits per heavy atom. The number of ether oxygens (including phenoxy) is 3. The number of aliphatic hydroxyl groups excluding tert-OH is 4.